The molecular weight excluding hydrogens is 310 g/mol. The maximum Gasteiger partial charge on any atom is 0.250 e. The largest absolute Gasteiger partial charge is 0.366 e. The van der Waals surface area contributed by atoms with Crippen LogP contribution < -0.4 is 11.5 Å². The van der Waals surface area contributed by atoms with Gasteiger partial charge >= 0.3 is 0 Å². The minimum Gasteiger partial charge on any atom is -0.366 e. The molecule has 1 heterocycles. The maximum atomic E-state index is 11.7. The molecule has 2 rings (SSSR count). The molecule has 0 aliphatic carbocycles. The summed E-state index contributed by atoms with van der Waals surface area (Å²) in [5.41, 5.74) is 11.7. The van der Waals surface area contributed by atoms with E-state index in [1.165, 1.54) is 44.3 Å². The van der Waals surface area contributed by atoms with E-state index in [-0.39, 0.29) is 28.4 Å². The van der Waals surface area contributed by atoms with Gasteiger partial charge in [-0.3, -0.25) is 24.2 Å². The van der Waals surface area contributed by atoms with Crippen LogP contribution in [0.4, 0.5) is 0 Å². The van der Waals surface area contributed by atoms with E-state index in [9.17, 15) is 19.2 Å². The molecule has 122 valence electrons. The second-order valence-corrected chi connectivity index (χ2v) is 5.26. The Kier molecular flexibility index (Phi) is 4.54. The molecule has 2 amide bonds. The van der Waals surface area contributed by atoms with Crippen molar-refractivity contribution in [3.8, 4) is 11.3 Å². The van der Waals surface area contributed by atoms with Crippen LogP contribution >= 0.6 is 0 Å². The molecule has 0 radical (unpaired) electrons. The zero-order valence-electron chi connectivity index (χ0n) is 13.1. The summed E-state index contributed by atoms with van der Waals surface area (Å²) in [4.78, 5) is 50.4. The molecule has 0 aliphatic heterocycles. The summed E-state index contributed by atoms with van der Waals surface area (Å²) < 4.78 is 0. The van der Waals surface area contributed by atoms with Gasteiger partial charge in [0.15, 0.2) is 11.6 Å². The molecule has 0 spiro atoms. The molecule has 1 aromatic heterocycles. The highest BCUT2D eigenvalue weighted by Gasteiger charge is 2.17. The fourth-order valence-electron chi connectivity index (χ4n) is 2.19. The van der Waals surface area contributed by atoms with E-state index in [1.54, 1.807) is 0 Å². The van der Waals surface area contributed by atoms with Crippen molar-refractivity contribution in [2.24, 2.45) is 11.5 Å². The molecule has 2 aromatic rings. The van der Waals surface area contributed by atoms with E-state index in [1.807, 2.05) is 0 Å². The number of pyridine rings is 1. The molecule has 0 unspecified atom stereocenters. The average molecular weight is 325 g/mol. The fraction of sp³-hybridized carbons (Fsp3) is 0.118. The second kappa shape index (κ2) is 6.41. The smallest absolute Gasteiger partial charge is 0.250 e. The van der Waals surface area contributed by atoms with Crippen LogP contribution in [0.25, 0.3) is 11.3 Å². The van der Waals surface area contributed by atoms with Crippen LogP contribution in [0.1, 0.15) is 55.3 Å². The summed E-state index contributed by atoms with van der Waals surface area (Å²) in [6.07, 6.45) is 1.21. The molecule has 1 aromatic carbocycles. The van der Waals surface area contributed by atoms with E-state index in [4.69, 9.17) is 11.5 Å². The van der Waals surface area contributed by atoms with E-state index >= 15 is 0 Å². The van der Waals surface area contributed by atoms with E-state index < -0.39 is 11.8 Å². The summed E-state index contributed by atoms with van der Waals surface area (Å²) in [6.45, 7) is 2.73. The predicted octanol–water partition coefficient (Wildman–Crippen LogP) is 1.35. The first-order chi connectivity index (χ1) is 11.2. The third kappa shape index (κ3) is 3.35. The third-order valence-corrected chi connectivity index (χ3v) is 3.46. The van der Waals surface area contributed by atoms with Crippen LogP contribution in [-0.4, -0.2) is 28.4 Å². The highest BCUT2D eigenvalue weighted by molar-refractivity contribution is 6.05. The third-order valence-electron chi connectivity index (χ3n) is 3.46. The van der Waals surface area contributed by atoms with Gasteiger partial charge in [-0.1, -0.05) is 0 Å². The number of ketones is 2. The van der Waals surface area contributed by atoms with Gasteiger partial charge in [-0.15, -0.1) is 0 Å². The van der Waals surface area contributed by atoms with Crippen molar-refractivity contribution in [1.29, 1.82) is 0 Å². The number of carbonyl (C=O) groups excluding carboxylic acids is 4. The number of hydrogen-bond donors (Lipinski definition) is 2. The Morgan fingerprint density at radius 1 is 0.792 bits per heavy atom. The first-order valence-corrected chi connectivity index (χ1v) is 6.97. The molecule has 0 fully saturated rings. The van der Waals surface area contributed by atoms with Crippen molar-refractivity contribution in [3.63, 3.8) is 0 Å². The van der Waals surface area contributed by atoms with Gasteiger partial charge in [0, 0.05) is 22.9 Å². The van der Waals surface area contributed by atoms with Gasteiger partial charge < -0.3 is 11.5 Å². The Morgan fingerprint density at radius 3 is 1.75 bits per heavy atom. The van der Waals surface area contributed by atoms with Crippen molar-refractivity contribution in [2.45, 2.75) is 13.8 Å². The first kappa shape index (κ1) is 17.0. The van der Waals surface area contributed by atoms with E-state index in [2.05, 4.69) is 4.98 Å². The summed E-state index contributed by atoms with van der Waals surface area (Å²) >= 11 is 0. The Bertz CT molecular complexity index is 855. The number of carbonyl (C=O) groups is 4. The molecule has 0 saturated carbocycles. The molecule has 0 bridgehead atoms. The minimum absolute atomic E-state index is 0.0264. The first-order valence-electron chi connectivity index (χ1n) is 6.97. The monoisotopic (exact) mass is 325 g/mol. The van der Waals surface area contributed by atoms with Gasteiger partial charge in [0.05, 0.1) is 16.8 Å². The number of hydrogen-bond acceptors (Lipinski definition) is 5. The molecule has 0 saturated heterocycles. The molecule has 0 aliphatic rings. The number of rotatable bonds is 5. The Hall–Kier alpha value is -3.35. The average Bonchev–Trinajstić information content (AvgIpc) is 2.53. The molecule has 24 heavy (non-hydrogen) atoms. The standard InChI is InChI=1S/C17H15N3O4/c1-8(21)10-3-11(9(2)22)5-12(4-10)15-14(17(19)24)6-13(7-20-15)16(18)23/h3-7H,1-2H3,(H2,18,23)(H2,19,24). The summed E-state index contributed by atoms with van der Waals surface area (Å²) in [6, 6.07) is 5.72. The van der Waals surface area contributed by atoms with Gasteiger partial charge in [-0.2, -0.15) is 0 Å². The predicted molar refractivity (Wildman–Crippen MR) is 86.7 cm³/mol. The maximum absolute atomic E-state index is 11.7. The number of aromatic nitrogens is 1. The van der Waals surface area contributed by atoms with Gasteiger partial charge in [0.2, 0.25) is 5.91 Å². The Labute approximate surface area is 137 Å². The topological polar surface area (TPSA) is 133 Å². The number of primary amides is 2. The van der Waals surface area contributed by atoms with Crippen LogP contribution in [-0.2, 0) is 0 Å². The molecule has 4 N–H and O–H groups in total. The van der Waals surface area contributed by atoms with Crippen LogP contribution in [0, 0.1) is 0 Å². The molecule has 7 nitrogen and oxygen atoms in total. The quantitative estimate of drug-likeness (QED) is 0.800. The van der Waals surface area contributed by atoms with E-state index in [0.717, 1.165) is 0 Å². The van der Waals surface area contributed by atoms with Gasteiger partial charge in [-0.05, 0) is 38.1 Å². The van der Waals surface area contributed by atoms with Gasteiger partial charge in [-0.25, -0.2) is 0 Å². The zero-order chi connectivity index (χ0) is 18.0. The number of amides is 2. The SMILES string of the molecule is CC(=O)c1cc(C(C)=O)cc(-c2ncc(C(N)=O)cc2C(N)=O)c1. The number of Topliss-reactive ketones (excluding diaryl/α,β-unsaturated/α-hetero) is 2. The van der Waals surface area contributed by atoms with Crippen molar-refractivity contribution in [3.05, 3.63) is 52.7 Å². The van der Waals surface area contributed by atoms with Crippen LogP contribution in [0.15, 0.2) is 30.5 Å². The Morgan fingerprint density at radius 2 is 1.33 bits per heavy atom. The highest BCUT2D eigenvalue weighted by Crippen LogP contribution is 2.25. The lowest BCUT2D eigenvalue weighted by molar-refractivity contribution is 0.0990. The van der Waals surface area contributed by atoms with Crippen molar-refractivity contribution < 1.29 is 19.2 Å². The van der Waals surface area contributed by atoms with Crippen LogP contribution in [0.2, 0.25) is 0 Å². The molecule has 0 atom stereocenters. The lowest BCUT2D eigenvalue weighted by atomic mass is 9.96. The van der Waals surface area contributed by atoms with Crippen LogP contribution in [0.3, 0.4) is 0 Å². The summed E-state index contributed by atoms with van der Waals surface area (Å²) in [5.74, 6) is -2.04. The highest BCUT2D eigenvalue weighted by atomic mass is 16.1. The minimum atomic E-state index is -0.807. The van der Waals surface area contributed by atoms with Gasteiger partial charge in [0.1, 0.15) is 0 Å². The molecule has 7 heteroatoms. The lowest BCUT2D eigenvalue weighted by Gasteiger charge is -2.10. The number of nitrogens with two attached hydrogens (primary N) is 2. The molecular formula is C17H15N3O4. The fourth-order valence-corrected chi connectivity index (χ4v) is 2.19. The second-order valence-electron chi connectivity index (χ2n) is 5.26. The van der Waals surface area contributed by atoms with Gasteiger partial charge in [0.25, 0.3) is 5.91 Å². The van der Waals surface area contributed by atoms with E-state index in [0.29, 0.717) is 16.7 Å². The van der Waals surface area contributed by atoms with Crippen LogP contribution in [0.5, 0.6) is 0 Å². The normalized spacial score (nSPS) is 10.2. The summed E-state index contributed by atoms with van der Waals surface area (Å²) in [5, 5.41) is 0. The van der Waals surface area contributed by atoms with Crippen molar-refractivity contribution in [1.82, 2.24) is 4.98 Å². The Balaban J connectivity index is 2.75. The lowest BCUT2D eigenvalue weighted by Crippen LogP contribution is -2.17. The number of nitrogens with zero attached hydrogens (tertiary/aromatic N) is 1. The van der Waals surface area contributed by atoms with Crippen molar-refractivity contribution in [2.75, 3.05) is 0 Å². The zero-order valence-corrected chi connectivity index (χ0v) is 13.1. The van der Waals surface area contributed by atoms with Crippen molar-refractivity contribution >= 4 is 23.4 Å². The number of benzene rings is 1. The summed E-state index contributed by atoms with van der Waals surface area (Å²) in [7, 11) is 0.